The van der Waals surface area contributed by atoms with E-state index in [-0.39, 0.29) is 0 Å². The number of halogens is 1. The van der Waals surface area contributed by atoms with Crippen LogP contribution in [0.1, 0.15) is 12.1 Å². The molecule has 0 radical (unpaired) electrons. The quantitative estimate of drug-likeness (QED) is 0.788. The third-order valence-corrected chi connectivity index (χ3v) is 2.31. The normalized spacial score (nSPS) is 20.2. The van der Waals surface area contributed by atoms with Gasteiger partial charge in [-0.1, -0.05) is 0 Å². The number of rotatable bonds is 4. The number of nitrogens with one attached hydrogen (secondary N) is 1. The van der Waals surface area contributed by atoms with Crippen molar-refractivity contribution in [3.8, 4) is 5.75 Å². The van der Waals surface area contributed by atoms with Gasteiger partial charge in [0.25, 0.3) is 0 Å². The Labute approximate surface area is 82.3 Å². The first-order chi connectivity index (χ1) is 6.88. The van der Waals surface area contributed by atoms with Crippen molar-refractivity contribution in [2.45, 2.75) is 19.1 Å². The lowest BCUT2D eigenvalue weighted by Gasteiger charge is -2.27. The van der Waals surface area contributed by atoms with E-state index in [9.17, 15) is 4.39 Å². The van der Waals surface area contributed by atoms with Gasteiger partial charge in [0.1, 0.15) is 19.0 Å². The molecule has 1 N–H and O–H groups in total. The van der Waals surface area contributed by atoms with Crippen molar-refractivity contribution >= 4 is 0 Å². The number of pyridine rings is 1. The monoisotopic (exact) mass is 196 g/mol. The molecule has 1 aromatic rings. The summed E-state index contributed by atoms with van der Waals surface area (Å²) in [5.74, 6) is 0.705. The highest BCUT2D eigenvalue weighted by atomic mass is 19.1. The van der Waals surface area contributed by atoms with Crippen molar-refractivity contribution in [2.75, 3.05) is 13.2 Å². The minimum Gasteiger partial charge on any atom is -0.490 e. The predicted molar refractivity (Wildman–Crippen MR) is 51.0 cm³/mol. The van der Waals surface area contributed by atoms with Gasteiger partial charge >= 0.3 is 0 Å². The summed E-state index contributed by atoms with van der Waals surface area (Å²) in [6, 6.07) is 3.86. The molecule has 0 amide bonds. The van der Waals surface area contributed by atoms with Gasteiger partial charge in [0.05, 0.1) is 11.9 Å². The van der Waals surface area contributed by atoms with Crippen molar-refractivity contribution in [1.82, 2.24) is 10.3 Å². The fourth-order valence-corrected chi connectivity index (χ4v) is 1.26. The summed E-state index contributed by atoms with van der Waals surface area (Å²) in [4.78, 5) is 3.90. The zero-order valence-electron chi connectivity index (χ0n) is 7.87. The van der Waals surface area contributed by atoms with Crippen LogP contribution >= 0.6 is 0 Å². The summed E-state index contributed by atoms with van der Waals surface area (Å²) in [5.41, 5.74) is 0.444. The summed E-state index contributed by atoms with van der Waals surface area (Å²) < 4.78 is 17.6. The molecule has 1 saturated heterocycles. The van der Waals surface area contributed by atoms with Gasteiger partial charge in [-0.15, -0.1) is 0 Å². The molecule has 4 heteroatoms. The lowest BCUT2D eigenvalue weighted by molar-refractivity contribution is 0.217. The SMILES string of the molecule is FCc1ccc(OCC2CCN2)cn1. The number of ether oxygens (including phenoxy) is 1. The first kappa shape index (κ1) is 9.40. The molecule has 2 rings (SSSR count). The Morgan fingerprint density at radius 1 is 1.57 bits per heavy atom. The molecule has 0 saturated carbocycles. The van der Waals surface area contributed by atoms with Crippen LogP contribution in [0.2, 0.25) is 0 Å². The number of aromatic nitrogens is 1. The van der Waals surface area contributed by atoms with Crippen LogP contribution in [0.15, 0.2) is 18.3 Å². The van der Waals surface area contributed by atoms with Gasteiger partial charge in [-0.25, -0.2) is 4.39 Å². The van der Waals surface area contributed by atoms with Gasteiger partial charge in [0.15, 0.2) is 0 Å². The van der Waals surface area contributed by atoms with Gasteiger partial charge in [-0.05, 0) is 25.1 Å². The fraction of sp³-hybridized carbons (Fsp3) is 0.500. The van der Waals surface area contributed by atoms with Gasteiger partial charge < -0.3 is 10.1 Å². The lowest BCUT2D eigenvalue weighted by Crippen LogP contribution is -2.46. The lowest BCUT2D eigenvalue weighted by atomic mass is 10.1. The Bertz CT molecular complexity index is 285. The molecule has 1 aliphatic heterocycles. The predicted octanol–water partition coefficient (Wildman–Crippen LogP) is 1.29. The topological polar surface area (TPSA) is 34.1 Å². The Hall–Kier alpha value is -1.16. The van der Waals surface area contributed by atoms with E-state index >= 15 is 0 Å². The van der Waals surface area contributed by atoms with Crippen LogP contribution in [0, 0.1) is 0 Å². The van der Waals surface area contributed by atoms with E-state index in [0.717, 1.165) is 13.0 Å². The van der Waals surface area contributed by atoms with E-state index in [1.807, 2.05) is 0 Å². The van der Waals surface area contributed by atoms with Crippen LogP contribution < -0.4 is 10.1 Å². The molecule has 0 spiro atoms. The summed E-state index contributed by atoms with van der Waals surface area (Å²) in [6.45, 7) is 1.22. The highest BCUT2D eigenvalue weighted by Gasteiger charge is 2.16. The van der Waals surface area contributed by atoms with Gasteiger partial charge in [0.2, 0.25) is 0 Å². The Morgan fingerprint density at radius 3 is 2.93 bits per heavy atom. The van der Waals surface area contributed by atoms with Crippen LogP contribution in [0.4, 0.5) is 4.39 Å². The molecule has 76 valence electrons. The molecule has 1 aliphatic rings. The summed E-state index contributed by atoms with van der Waals surface area (Å²) >= 11 is 0. The zero-order chi connectivity index (χ0) is 9.80. The number of hydrogen-bond acceptors (Lipinski definition) is 3. The molecule has 1 atom stereocenters. The average Bonchev–Trinajstić information content (AvgIpc) is 2.16. The van der Waals surface area contributed by atoms with Crippen molar-refractivity contribution in [1.29, 1.82) is 0 Å². The highest BCUT2D eigenvalue weighted by Crippen LogP contribution is 2.11. The second-order valence-electron chi connectivity index (χ2n) is 3.37. The molecule has 1 unspecified atom stereocenters. The van der Waals surface area contributed by atoms with Crippen molar-refractivity contribution in [3.05, 3.63) is 24.0 Å². The Balaban J connectivity index is 1.83. The van der Waals surface area contributed by atoms with E-state index in [4.69, 9.17) is 4.74 Å². The largest absolute Gasteiger partial charge is 0.490 e. The first-order valence-corrected chi connectivity index (χ1v) is 4.75. The number of nitrogens with zero attached hydrogens (tertiary/aromatic N) is 1. The minimum absolute atomic E-state index is 0.444. The van der Waals surface area contributed by atoms with E-state index in [2.05, 4.69) is 10.3 Å². The second kappa shape index (κ2) is 4.37. The van der Waals surface area contributed by atoms with Gasteiger partial charge in [-0.2, -0.15) is 0 Å². The number of alkyl halides is 1. The summed E-state index contributed by atoms with van der Waals surface area (Å²) in [5, 5.41) is 3.23. The minimum atomic E-state index is -0.523. The van der Waals surface area contributed by atoms with E-state index < -0.39 is 6.67 Å². The smallest absolute Gasteiger partial charge is 0.137 e. The average molecular weight is 196 g/mol. The maximum Gasteiger partial charge on any atom is 0.137 e. The third-order valence-electron chi connectivity index (χ3n) is 2.31. The first-order valence-electron chi connectivity index (χ1n) is 4.75. The number of hydrogen-bond donors (Lipinski definition) is 1. The Morgan fingerprint density at radius 2 is 2.43 bits per heavy atom. The van der Waals surface area contributed by atoms with E-state index in [1.165, 1.54) is 0 Å². The van der Waals surface area contributed by atoms with Gasteiger partial charge in [0, 0.05) is 6.04 Å². The molecule has 1 fully saturated rings. The van der Waals surface area contributed by atoms with Crippen molar-refractivity contribution < 1.29 is 9.13 Å². The molecular formula is C10H13FN2O. The van der Waals surface area contributed by atoms with Crippen LogP contribution in [0.3, 0.4) is 0 Å². The van der Waals surface area contributed by atoms with E-state index in [0.29, 0.717) is 24.1 Å². The maximum absolute atomic E-state index is 12.1. The van der Waals surface area contributed by atoms with Crippen molar-refractivity contribution in [2.24, 2.45) is 0 Å². The van der Waals surface area contributed by atoms with E-state index in [1.54, 1.807) is 18.3 Å². The standard InChI is InChI=1S/C10H13FN2O/c11-5-8-1-2-10(6-13-8)14-7-9-3-4-12-9/h1-2,6,9,12H,3-5,7H2. The molecule has 2 heterocycles. The van der Waals surface area contributed by atoms with Crippen molar-refractivity contribution in [3.63, 3.8) is 0 Å². The summed E-state index contributed by atoms with van der Waals surface area (Å²) in [7, 11) is 0. The van der Waals surface area contributed by atoms with Crippen LogP contribution in [0.25, 0.3) is 0 Å². The van der Waals surface area contributed by atoms with Crippen LogP contribution in [-0.2, 0) is 6.67 Å². The highest BCUT2D eigenvalue weighted by molar-refractivity contribution is 5.19. The summed E-state index contributed by atoms with van der Waals surface area (Å²) in [6.07, 6.45) is 2.73. The molecular weight excluding hydrogens is 183 g/mol. The second-order valence-corrected chi connectivity index (χ2v) is 3.37. The third kappa shape index (κ3) is 2.20. The molecule has 0 aromatic carbocycles. The fourth-order valence-electron chi connectivity index (χ4n) is 1.26. The zero-order valence-corrected chi connectivity index (χ0v) is 7.87. The molecule has 1 aromatic heterocycles. The molecule has 3 nitrogen and oxygen atoms in total. The van der Waals surface area contributed by atoms with Crippen LogP contribution in [0.5, 0.6) is 5.75 Å². The maximum atomic E-state index is 12.1. The molecule has 0 aliphatic carbocycles. The Kier molecular flexibility index (Phi) is 2.93. The van der Waals surface area contributed by atoms with Gasteiger partial charge in [-0.3, -0.25) is 4.98 Å². The molecule has 0 bridgehead atoms. The van der Waals surface area contributed by atoms with Crippen LogP contribution in [-0.4, -0.2) is 24.2 Å². The molecule has 14 heavy (non-hydrogen) atoms.